The summed E-state index contributed by atoms with van der Waals surface area (Å²) < 4.78 is 5.29. The molecular formula is C11H10BrNO. The molecule has 72 valence electrons. The lowest BCUT2D eigenvalue weighted by Crippen LogP contribution is -1.81. The quantitative estimate of drug-likeness (QED) is 0.764. The van der Waals surface area contributed by atoms with Crippen molar-refractivity contribution in [1.82, 2.24) is 5.16 Å². The standard InChI is InChI=1S/C11H10BrNO/c1-8-10(7-12)13-14-11(8)9-5-3-2-4-6-9/h2-6H,7H2,1H3. The molecule has 1 aromatic heterocycles. The van der Waals surface area contributed by atoms with E-state index >= 15 is 0 Å². The third kappa shape index (κ3) is 1.60. The van der Waals surface area contributed by atoms with Crippen LogP contribution in [0.25, 0.3) is 11.3 Å². The first-order valence-corrected chi connectivity index (χ1v) is 5.51. The Hall–Kier alpha value is -1.09. The average molecular weight is 252 g/mol. The number of halogens is 1. The summed E-state index contributed by atoms with van der Waals surface area (Å²) in [5.74, 6) is 0.861. The van der Waals surface area contributed by atoms with E-state index in [9.17, 15) is 0 Å². The van der Waals surface area contributed by atoms with Crippen LogP contribution in [0.2, 0.25) is 0 Å². The minimum atomic E-state index is 0.731. The van der Waals surface area contributed by atoms with Crippen molar-refractivity contribution in [3.8, 4) is 11.3 Å². The number of nitrogens with zero attached hydrogens (tertiary/aromatic N) is 1. The molecule has 0 unspecified atom stereocenters. The fourth-order valence-electron chi connectivity index (χ4n) is 1.35. The zero-order valence-corrected chi connectivity index (χ0v) is 9.41. The van der Waals surface area contributed by atoms with Crippen LogP contribution in [0, 0.1) is 6.92 Å². The summed E-state index contributed by atoms with van der Waals surface area (Å²) >= 11 is 3.37. The largest absolute Gasteiger partial charge is 0.356 e. The van der Waals surface area contributed by atoms with E-state index in [1.165, 1.54) is 0 Å². The highest BCUT2D eigenvalue weighted by atomic mass is 79.9. The minimum Gasteiger partial charge on any atom is -0.356 e. The predicted octanol–water partition coefficient (Wildman–Crippen LogP) is 3.54. The van der Waals surface area contributed by atoms with Crippen molar-refractivity contribution in [1.29, 1.82) is 0 Å². The average Bonchev–Trinajstić information content (AvgIpc) is 2.61. The fraction of sp³-hybridized carbons (Fsp3) is 0.182. The Morgan fingerprint density at radius 1 is 1.29 bits per heavy atom. The van der Waals surface area contributed by atoms with Gasteiger partial charge in [-0.05, 0) is 6.92 Å². The Labute approximate surface area is 91.1 Å². The molecule has 14 heavy (non-hydrogen) atoms. The van der Waals surface area contributed by atoms with Crippen LogP contribution in [0.5, 0.6) is 0 Å². The molecule has 2 aromatic rings. The highest BCUT2D eigenvalue weighted by Gasteiger charge is 2.11. The summed E-state index contributed by atoms with van der Waals surface area (Å²) in [6.45, 7) is 2.02. The SMILES string of the molecule is Cc1c(CBr)noc1-c1ccccc1. The number of hydrogen-bond acceptors (Lipinski definition) is 2. The van der Waals surface area contributed by atoms with Crippen LogP contribution >= 0.6 is 15.9 Å². The molecule has 0 radical (unpaired) electrons. The van der Waals surface area contributed by atoms with Gasteiger partial charge in [-0.15, -0.1) is 0 Å². The van der Waals surface area contributed by atoms with Crippen LogP contribution < -0.4 is 0 Å². The maximum Gasteiger partial charge on any atom is 0.170 e. The van der Waals surface area contributed by atoms with E-state index in [4.69, 9.17) is 4.52 Å². The summed E-state index contributed by atoms with van der Waals surface area (Å²) in [4.78, 5) is 0. The van der Waals surface area contributed by atoms with Gasteiger partial charge < -0.3 is 4.52 Å². The van der Waals surface area contributed by atoms with E-state index in [1.807, 2.05) is 37.3 Å². The van der Waals surface area contributed by atoms with E-state index < -0.39 is 0 Å². The first-order chi connectivity index (χ1) is 6.83. The van der Waals surface area contributed by atoms with Gasteiger partial charge >= 0.3 is 0 Å². The van der Waals surface area contributed by atoms with Crippen molar-refractivity contribution >= 4 is 15.9 Å². The molecule has 3 heteroatoms. The van der Waals surface area contributed by atoms with Gasteiger partial charge in [0, 0.05) is 16.5 Å². The van der Waals surface area contributed by atoms with E-state index in [-0.39, 0.29) is 0 Å². The second-order valence-corrected chi connectivity index (χ2v) is 3.64. The number of benzene rings is 1. The van der Waals surface area contributed by atoms with Crippen molar-refractivity contribution in [2.24, 2.45) is 0 Å². The molecule has 0 aliphatic heterocycles. The number of alkyl halides is 1. The van der Waals surface area contributed by atoms with Crippen LogP contribution in [0.15, 0.2) is 34.9 Å². The molecule has 1 heterocycles. The second-order valence-electron chi connectivity index (χ2n) is 3.08. The van der Waals surface area contributed by atoms with Gasteiger partial charge in [-0.25, -0.2) is 0 Å². The maximum atomic E-state index is 5.29. The molecule has 0 spiro atoms. The van der Waals surface area contributed by atoms with Gasteiger partial charge in [0.15, 0.2) is 5.76 Å². The third-order valence-corrected chi connectivity index (χ3v) is 2.71. The molecule has 1 aromatic carbocycles. The molecule has 2 rings (SSSR count). The van der Waals surface area contributed by atoms with Crippen molar-refractivity contribution < 1.29 is 4.52 Å². The van der Waals surface area contributed by atoms with Gasteiger partial charge in [-0.1, -0.05) is 51.4 Å². The molecule has 0 N–H and O–H groups in total. The lowest BCUT2D eigenvalue weighted by Gasteiger charge is -1.95. The molecule has 0 fully saturated rings. The van der Waals surface area contributed by atoms with Gasteiger partial charge in [0.25, 0.3) is 0 Å². The minimum absolute atomic E-state index is 0.731. The fourth-order valence-corrected chi connectivity index (χ4v) is 1.88. The molecule has 0 amide bonds. The zero-order valence-electron chi connectivity index (χ0n) is 7.83. The Morgan fingerprint density at radius 3 is 2.57 bits per heavy atom. The normalized spacial score (nSPS) is 10.4. The van der Waals surface area contributed by atoms with Crippen molar-refractivity contribution in [3.63, 3.8) is 0 Å². The topological polar surface area (TPSA) is 26.0 Å². The molecular weight excluding hydrogens is 242 g/mol. The first kappa shape index (κ1) is 9.46. The zero-order chi connectivity index (χ0) is 9.97. The van der Waals surface area contributed by atoms with Crippen LogP contribution in [0.1, 0.15) is 11.3 Å². The highest BCUT2D eigenvalue weighted by molar-refractivity contribution is 9.08. The van der Waals surface area contributed by atoms with Crippen LogP contribution in [-0.4, -0.2) is 5.16 Å². The molecule has 0 aliphatic carbocycles. The molecule has 0 saturated heterocycles. The molecule has 0 bridgehead atoms. The van der Waals surface area contributed by atoms with Crippen LogP contribution in [0.4, 0.5) is 0 Å². The Morgan fingerprint density at radius 2 is 2.00 bits per heavy atom. The van der Waals surface area contributed by atoms with Crippen molar-refractivity contribution in [2.75, 3.05) is 0 Å². The maximum absolute atomic E-state index is 5.29. The number of hydrogen-bond donors (Lipinski definition) is 0. The summed E-state index contributed by atoms with van der Waals surface area (Å²) in [5, 5.41) is 4.72. The van der Waals surface area contributed by atoms with E-state index in [1.54, 1.807) is 0 Å². The molecule has 0 atom stereocenters. The van der Waals surface area contributed by atoms with Crippen LogP contribution in [-0.2, 0) is 5.33 Å². The lowest BCUT2D eigenvalue weighted by atomic mass is 10.1. The Kier molecular flexibility index (Phi) is 2.68. The molecule has 0 saturated carbocycles. The van der Waals surface area contributed by atoms with Gasteiger partial charge in [-0.3, -0.25) is 0 Å². The smallest absolute Gasteiger partial charge is 0.170 e. The first-order valence-electron chi connectivity index (χ1n) is 4.39. The second kappa shape index (κ2) is 3.96. The summed E-state index contributed by atoms with van der Waals surface area (Å²) in [7, 11) is 0. The van der Waals surface area contributed by atoms with Gasteiger partial charge in [-0.2, -0.15) is 0 Å². The van der Waals surface area contributed by atoms with E-state index in [0.717, 1.165) is 27.9 Å². The number of aromatic nitrogens is 1. The third-order valence-electron chi connectivity index (χ3n) is 2.18. The Bertz CT molecular complexity index is 422. The summed E-state index contributed by atoms with van der Waals surface area (Å²) in [6.07, 6.45) is 0. The van der Waals surface area contributed by atoms with Gasteiger partial charge in [0.2, 0.25) is 0 Å². The predicted molar refractivity (Wildman–Crippen MR) is 59.3 cm³/mol. The molecule has 2 nitrogen and oxygen atoms in total. The number of rotatable bonds is 2. The van der Waals surface area contributed by atoms with Gasteiger partial charge in [0.1, 0.15) is 0 Å². The highest BCUT2D eigenvalue weighted by Crippen LogP contribution is 2.26. The molecule has 0 aliphatic rings. The summed E-state index contributed by atoms with van der Waals surface area (Å²) in [6, 6.07) is 10.0. The monoisotopic (exact) mass is 251 g/mol. The lowest BCUT2D eigenvalue weighted by molar-refractivity contribution is 0.426. The Balaban J connectivity index is 2.48. The van der Waals surface area contributed by atoms with E-state index in [2.05, 4.69) is 21.1 Å². The van der Waals surface area contributed by atoms with E-state index in [0.29, 0.717) is 0 Å². The van der Waals surface area contributed by atoms with Crippen molar-refractivity contribution in [2.45, 2.75) is 12.3 Å². The van der Waals surface area contributed by atoms with Gasteiger partial charge in [0.05, 0.1) is 5.69 Å². The van der Waals surface area contributed by atoms with Crippen molar-refractivity contribution in [3.05, 3.63) is 41.6 Å². The van der Waals surface area contributed by atoms with Crippen LogP contribution in [0.3, 0.4) is 0 Å². The summed E-state index contributed by atoms with van der Waals surface area (Å²) in [5.41, 5.74) is 3.14.